The number of carbonyl (C=O) groups is 3. The van der Waals surface area contributed by atoms with Crippen molar-refractivity contribution in [3.63, 3.8) is 0 Å². The van der Waals surface area contributed by atoms with Gasteiger partial charge in [0.2, 0.25) is 0 Å². The molecule has 20 heavy (non-hydrogen) atoms. The average molecular weight is 269 g/mol. The third-order valence-corrected chi connectivity index (χ3v) is 3.20. The fourth-order valence-corrected chi connectivity index (χ4v) is 2.19. The second-order valence-electron chi connectivity index (χ2n) is 4.56. The van der Waals surface area contributed by atoms with Gasteiger partial charge in [-0.2, -0.15) is 0 Å². The van der Waals surface area contributed by atoms with Gasteiger partial charge in [0.25, 0.3) is 11.8 Å². The second-order valence-corrected chi connectivity index (χ2v) is 4.56. The molecule has 0 saturated heterocycles. The normalized spacial score (nSPS) is 13.8. The summed E-state index contributed by atoms with van der Waals surface area (Å²) in [5.74, 6) is -0.252. The lowest BCUT2D eigenvalue weighted by molar-refractivity contribution is 0.0631. The molecule has 0 spiro atoms. The standard InChI is InChI=1S/C15H11NO4/c1-9(17)13-7-6-10(20-13)8-16-14(18)11-4-2-3-5-12(11)15(16)19/h2-7H,8H2,1H3. The van der Waals surface area contributed by atoms with E-state index in [2.05, 4.69) is 0 Å². The summed E-state index contributed by atoms with van der Waals surface area (Å²) < 4.78 is 5.31. The first-order chi connectivity index (χ1) is 9.58. The number of nitrogens with zero attached hydrogens (tertiary/aromatic N) is 1. The first-order valence-electron chi connectivity index (χ1n) is 6.13. The highest BCUT2D eigenvalue weighted by Crippen LogP contribution is 2.24. The van der Waals surface area contributed by atoms with E-state index in [4.69, 9.17) is 4.42 Å². The van der Waals surface area contributed by atoms with Crippen molar-refractivity contribution in [1.29, 1.82) is 0 Å². The van der Waals surface area contributed by atoms with E-state index < -0.39 is 0 Å². The monoisotopic (exact) mass is 269 g/mol. The lowest BCUT2D eigenvalue weighted by atomic mass is 10.1. The van der Waals surface area contributed by atoms with Crippen molar-refractivity contribution >= 4 is 17.6 Å². The summed E-state index contributed by atoms with van der Waals surface area (Å²) in [6.07, 6.45) is 0. The number of hydrogen-bond donors (Lipinski definition) is 0. The van der Waals surface area contributed by atoms with Crippen molar-refractivity contribution in [2.24, 2.45) is 0 Å². The van der Waals surface area contributed by atoms with Gasteiger partial charge in [-0.1, -0.05) is 12.1 Å². The van der Waals surface area contributed by atoms with Gasteiger partial charge in [-0.3, -0.25) is 19.3 Å². The SMILES string of the molecule is CC(=O)c1ccc(CN2C(=O)c3ccccc3C2=O)o1. The number of amides is 2. The summed E-state index contributed by atoms with van der Waals surface area (Å²) in [6, 6.07) is 9.82. The highest BCUT2D eigenvalue weighted by atomic mass is 16.3. The van der Waals surface area contributed by atoms with E-state index in [0.717, 1.165) is 4.90 Å². The van der Waals surface area contributed by atoms with Crippen LogP contribution in [0.5, 0.6) is 0 Å². The van der Waals surface area contributed by atoms with E-state index in [0.29, 0.717) is 16.9 Å². The molecular formula is C15H11NO4. The van der Waals surface area contributed by atoms with Crippen LogP contribution in [0.4, 0.5) is 0 Å². The summed E-state index contributed by atoms with van der Waals surface area (Å²) in [5.41, 5.74) is 0.798. The molecule has 1 aromatic heterocycles. The van der Waals surface area contributed by atoms with Crippen molar-refractivity contribution in [3.8, 4) is 0 Å². The molecule has 0 fully saturated rings. The van der Waals surface area contributed by atoms with E-state index in [-0.39, 0.29) is 29.9 Å². The minimum absolute atomic E-state index is 0.0274. The Morgan fingerprint density at radius 2 is 1.65 bits per heavy atom. The van der Waals surface area contributed by atoms with E-state index in [1.165, 1.54) is 13.0 Å². The van der Waals surface area contributed by atoms with Crippen LogP contribution in [0.2, 0.25) is 0 Å². The highest BCUT2D eigenvalue weighted by molar-refractivity contribution is 6.21. The first-order valence-corrected chi connectivity index (χ1v) is 6.13. The van der Waals surface area contributed by atoms with E-state index in [1.54, 1.807) is 30.3 Å². The Morgan fingerprint density at radius 3 is 2.15 bits per heavy atom. The molecule has 1 aliphatic heterocycles. The number of imide groups is 1. The van der Waals surface area contributed by atoms with Crippen LogP contribution in [0.25, 0.3) is 0 Å². The number of benzene rings is 1. The number of hydrogen-bond acceptors (Lipinski definition) is 4. The molecule has 0 aliphatic carbocycles. The second kappa shape index (κ2) is 4.45. The van der Waals surface area contributed by atoms with Crippen LogP contribution < -0.4 is 0 Å². The zero-order valence-corrected chi connectivity index (χ0v) is 10.8. The molecule has 100 valence electrons. The zero-order chi connectivity index (χ0) is 14.3. The third kappa shape index (κ3) is 1.84. The molecular weight excluding hydrogens is 258 g/mol. The van der Waals surface area contributed by atoms with Gasteiger partial charge in [0, 0.05) is 6.92 Å². The molecule has 0 unspecified atom stereocenters. The Hall–Kier alpha value is -2.69. The van der Waals surface area contributed by atoms with E-state index in [9.17, 15) is 14.4 Å². The fraction of sp³-hybridized carbons (Fsp3) is 0.133. The van der Waals surface area contributed by atoms with Crippen LogP contribution in [0.15, 0.2) is 40.8 Å². The molecule has 0 radical (unpaired) electrons. The zero-order valence-electron chi connectivity index (χ0n) is 10.8. The van der Waals surface area contributed by atoms with Crippen molar-refractivity contribution in [1.82, 2.24) is 4.90 Å². The minimum atomic E-state index is -0.341. The van der Waals surface area contributed by atoms with Crippen molar-refractivity contribution in [2.75, 3.05) is 0 Å². The highest BCUT2D eigenvalue weighted by Gasteiger charge is 2.35. The summed E-state index contributed by atoms with van der Waals surface area (Å²) in [7, 11) is 0. The Kier molecular flexibility index (Phi) is 2.75. The molecule has 1 aliphatic rings. The Balaban J connectivity index is 1.87. The number of Topliss-reactive ketones (excluding diaryl/α,β-unsaturated/α-hetero) is 1. The van der Waals surface area contributed by atoms with Crippen LogP contribution in [0, 0.1) is 0 Å². The Bertz CT molecular complexity index is 694. The Labute approximate surface area is 114 Å². The molecule has 0 saturated carbocycles. The first kappa shape index (κ1) is 12.3. The summed E-state index contributed by atoms with van der Waals surface area (Å²) in [5, 5.41) is 0. The number of fused-ring (bicyclic) bond motifs is 1. The molecule has 1 aromatic carbocycles. The van der Waals surface area contributed by atoms with Gasteiger partial charge in [-0.05, 0) is 24.3 Å². The Morgan fingerprint density at radius 1 is 1.05 bits per heavy atom. The smallest absolute Gasteiger partial charge is 0.261 e. The molecule has 5 nitrogen and oxygen atoms in total. The number of furan rings is 1. The fourth-order valence-electron chi connectivity index (χ4n) is 2.19. The molecule has 2 aromatic rings. The van der Waals surface area contributed by atoms with Gasteiger partial charge in [0.15, 0.2) is 11.5 Å². The molecule has 0 bridgehead atoms. The molecule has 0 N–H and O–H groups in total. The predicted molar refractivity (Wildman–Crippen MR) is 69.4 cm³/mol. The molecule has 2 heterocycles. The van der Waals surface area contributed by atoms with Crippen LogP contribution >= 0.6 is 0 Å². The van der Waals surface area contributed by atoms with E-state index in [1.807, 2.05) is 0 Å². The number of rotatable bonds is 3. The maximum absolute atomic E-state index is 12.1. The molecule has 2 amide bonds. The molecule has 3 rings (SSSR count). The minimum Gasteiger partial charge on any atom is -0.456 e. The summed E-state index contributed by atoms with van der Waals surface area (Å²) >= 11 is 0. The van der Waals surface area contributed by atoms with Gasteiger partial charge in [0.1, 0.15) is 5.76 Å². The third-order valence-electron chi connectivity index (χ3n) is 3.20. The van der Waals surface area contributed by atoms with Crippen LogP contribution in [0.1, 0.15) is 44.0 Å². The van der Waals surface area contributed by atoms with Crippen molar-refractivity contribution in [3.05, 3.63) is 59.0 Å². The lowest BCUT2D eigenvalue weighted by Gasteiger charge is -2.11. The predicted octanol–water partition coefficient (Wildman–Crippen LogP) is 2.28. The maximum atomic E-state index is 12.1. The van der Waals surface area contributed by atoms with Gasteiger partial charge < -0.3 is 4.42 Å². The lowest BCUT2D eigenvalue weighted by Crippen LogP contribution is -2.28. The number of carbonyl (C=O) groups excluding carboxylic acids is 3. The topological polar surface area (TPSA) is 67.6 Å². The van der Waals surface area contributed by atoms with Crippen molar-refractivity contribution in [2.45, 2.75) is 13.5 Å². The average Bonchev–Trinajstić information content (AvgIpc) is 3.00. The van der Waals surface area contributed by atoms with E-state index >= 15 is 0 Å². The van der Waals surface area contributed by atoms with Gasteiger partial charge >= 0.3 is 0 Å². The van der Waals surface area contributed by atoms with Gasteiger partial charge in [-0.15, -0.1) is 0 Å². The van der Waals surface area contributed by atoms with Crippen LogP contribution in [-0.2, 0) is 6.54 Å². The van der Waals surface area contributed by atoms with Crippen LogP contribution in [0.3, 0.4) is 0 Å². The summed E-state index contributed by atoms with van der Waals surface area (Å²) in [6.45, 7) is 1.42. The van der Waals surface area contributed by atoms with Crippen molar-refractivity contribution < 1.29 is 18.8 Å². The molecule has 5 heteroatoms. The summed E-state index contributed by atoms with van der Waals surface area (Å²) in [4.78, 5) is 36.6. The van der Waals surface area contributed by atoms with Gasteiger partial charge in [0.05, 0.1) is 17.7 Å². The molecule has 0 atom stereocenters. The van der Waals surface area contributed by atoms with Crippen LogP contribution in [-0.4, -0.2) is 22.5 Å². The maximum Gasteiger partial charge on any atom is 0.261 e. The largest absolute Gasteiger partial charge is 0.456 e. The van der Waals surface area contributed by atoms with Gasteiger partial charge in [-0.25, -0.2) is 0 Å². The quantitative estimate of drug-likeness (QED) is 0.633. The number of ketones is 1.